The van der Waals surface area contributed by atoms with E-state index < -0.39 is 11.9 Å². The van der Waals surface area contributed by atoms with E-state index in [0.717, 1.165) is 12.2 Å². The predicted octanol–water partition coefficient (Wildman–Crippen LogP) is -0.248. The van der Waals surface area contributed by atoms with Crippen LogP contribution in [0.25, 0.3) is 0 Å². The first kappa shape index (κ1) is 16.6. The normalized spacial score (nSPS) is 11.2. The Morgan fingerprint density at radius 2 is 1.17 bits per heavy atom. The number of hydrogen-bond donors (Lipinski definition) is 0. The molecule has 0 amide bonds. The van der Waals surface area contributed by atoms with Gasteiger partial charge in [-0.15, -0.1) is 0 Å². The van der Waals surface area contributed by atoms with Gasteiger partial charge in [-0.2, -0.15) is 0 Å². The van der Waals surface area contributed by atoms with Crippen molar-refractivity contribution < 1.29 is 19.1 Å². The van der Waals surface area contributed by atoms with Crippen molar-refractivity contribution >= 4 is 11.9 Å². The summed E-state index contributed by atoms with van der Waals surface area (Å²) in [5.74, 6) is -1.08. The number of likely N-dealkylation sites (N-methyl/N-ethyl adjacent to an activating group) is 2. The monoisotopic (exact) mass is 258 g/mol. The van der Waals surface area contributed by atoms with Gasteiger partial charge in [-0.05, 0) is 28.2 Å². The van der Waals surface area contributed by atoms with Crippen molar-refractivity contribution in [3.05, 3.63) is 12.2 Å². The minimum Gasteiger partial charge on any atom is -0.461 e. The number of rotatable bonds is 8. The van der Waals surface area contributed by atoms with E-state index in [-0.39, 0.29) is 0 Å². The number of carbonyl (C=O) groups excluding carboxylic acids is 2. The molecule has 0 saturated carbocycles. The summed E-state index contributed by atoms with van der Waals surface area (Å²) in [5, 5.41) is 0. The third-order valence-electron chi connectivity index (χ3n) is 1.92. The fourth-order valence-electron chi connectivity index (χ4n) is 0.890. The number of ether oxygens (including phenoxy) is 2. The van der Waals surface area contributed by atoms with E-state index in [1.165, 1.54) is 0 Å². The van der Waals surface area contributed by atoms with Gasteiger partial charge in [0.2, 0.25) is 0 Å². The first-order valence-corrected chi connectivity index (χ1v) is 5.73. The van der Waals surface area contributed by atoms with Crippen LogP contribution in [0.2, 0.25) is 0 Å². The number of esters is 2. The van der Waals surface area contributed by atoms with Crippen molar-refractivity contribution in [1.29, 1.82) is 0 Å². The van der Waals surface area contributed by atoms with E-state index in [9.17, 15) is 9.59 Å². The average molecular weight is 258 g/mol. The average Bonchev–Trinajstić information content (AvgIpc) is 2.25. The predicted molar refractivity (Wildman–Crippen MR) is 68.2 cm³/mol. The molecule has 0 bridgehead atoms. The van der Waals surface area contributed by atoms with Crippen LogP contribution in [-0.2, 0) is 19.1 Å². The van der Waals surface area contributed by atoms with E-state index >= 15 is 0 Å². The molecule has 0 aliphatic carbocycles. The molecule has 104 valence electrons. The zero-order valence-corrected chi connectivity index (χ0v) is 11.5. The van der Waals surface area contributed by atoms with Crippen LogP contribution in [-0.4, -0.2) is 76.2 Å². The molecule has 0 aliphatic rings. The summed E-state index contributed by atoms with van der Waals surface area (Å²) >= 11 is 0. The van der Waals surface area contributed by atoms with Crippen molar-refractivity contribution in [2.45, 2.75) is 0 Å². The zero-order chi connectivity index (χ0) is 14.0. The van der Waals surface area contributed by atoms with Crippen LogP contribution in [0.5, 0.6) is 0 Å². The highest BCUT2D eigenvalue weighted by Gasteiger charge is 2.01. The minimum absolute atomic E-state index is 0.297. The van der Waals surface area contributed by atoms with E-state index in [1.54, 1.807) is 0 Å². The van der Waals surface area contributed by atoms with Crippen molar-refractivity contribution in [3.63, 3.8) is 0 Å². The van der Waals surface area contributed by atoms with E-state index in [1.807, 2.05) is 38.0 Å². The molecule has 6 nitrogen and oxygen atoms in total. The summed E-state index contributed by atoms with van der Waals surface area (Å²) in [4.78, 5) is 26.1. The molecule has 0 atom stereocenters. The maximum Gasteiger partial charge on any atom is 0.331 e. The topological polar surface area (TPSA) is 59.1 Å². The van der Waals surface area contributed by atoms with Crippen molar-refractivity contribution in [3.8, 4) is 0 Å². The molecule has 6 heteroatoms. The lowest BCUT2D eigenvalue weighted by atomic mass is 10.5. The third-order valence-corrected chi connectivity index (χ3v) is 1.92. The lowest BCUT2D eigenvalue weighted by Gasteiger charge is -2.09. The Morgan fingerprint density at radius 3 is 1.44 bits per heavy atom. The van der Waals surface area contributed by atoms with Crippen molar-refractivity contribution in [1.82, 2.24) is 9.80 Å². The molecule has 0 heterocycles. The van der Waals surface area contributed by atoms with E-state index in [2.05, 4.69) is 0 Å². The number of nitrogens with zero attached hydrogens (tertiary/aromatic N) is 2. The van der Waals surface area contributed by atoms with Crippen LogP contribution in [0.15, 0.2) is 12.2 Å². The molecule has 0 N–H and O–H groups in total. The maximum absolute atomic E-state index is 11.2. The third kappa shape index (κ3) is 11.1. The second kappa shape index (κ2) is 9.61. The molecule has 0 fully saturated rings. The lowest BCUT2D eigenvalue weighted by molar-refractivity contribution is -0.140. The molecule has 0 aliphatic heterocycles. The van der Waals surface area contributed by atoms with Gasteiger partial charge in [-0.3, -0.25) is 0 Å². The molecule has 0 aromatic carbocycles. The molecular weight excluding hydrogens is 236 g/mol. The lowest BCUT2D eigenvalue weighted by Crippen LogP contribution is -2.20. The zero-order valence-electron chi connectivity index (χ0n) is 11.5. The van der Waals surface area contributed by atoms with E-state index in [0.29, 0.717) is 26.3 Å². The first-order chi connectivity index (χ1) is 8.41. The summed E-state index contributed by atoms with van der Waals surface area (Å²) in [6.45, 7) is 1.89. The fourth-order valence-corrected chi connectivity index (χ4v) is 0.890. The van der Waals surface area contributed by atoms with Crippen molar-refractivity contribution in [2.24, 2.45) is 0 Å². The van der Waals surface area contributed by atoms with Crippen LogP contribution in [0.4, 0.5) is 0 Å². The Morgan fingerprint density at radius 1 is 0.833 bits per heavy atom. The van der Waals surface area contributed by atoms with Crippen molar-refractivity contribution in [2.75, 3.05) is 54.5 Å². The largest absolute Gasteiger partial charge is 0.461 e. The molecule has 0 rings (SSSR count). The molecular formula is C12H22N2O4. The Labute approximate surface area is 108 Å². The summed E-state index contributed by atoms with van der Waals surface area (Å²) in [7, 11) is 7.52. The van der Waals surface area contributed by atoms with Gasteiger partial charge in [0.15, 0.2) is 0 Å². The summed E-state index contributed by atoms with van der Waals surface area (Å²) in [6, 6.07) is 0. The second-order valence-electron chi connectivity index (χ2n) is 4.27. The van der Waals surface area contributed by atoms with Crippen LogP contribution < -0.4 is 0 Å². The van der Waals surface area contributed by atoms with Gasteiger partial charge in [0, 0.05) is 25.2 Å². The van der Waals surface area contributed by atoms with Gasteiger partial charge in [0.25, 0.3) is 0 Å². The Kier molecular flexibility index (Phi) is 8.86. The SMILES string of the molecule is CN(C)CCOC(=O)C=CC(=O)OCCN(C)C. The van der Waals surface area contributed by atoms with Gasteiger partial charge in [0.05, 0.1) is 0 Å². The first-order valence-electron chi connectivity index (χ1n) is 5.73. The molecule has 0 unspecified atom stereocenters. The summed E-state index contributed by atoms with van der Waals surface area (Å²) in [6.07, 6.45) is 2.15. The second-order valence-corrected chi connectivity index (χ2v) is 4.27. The smallest absolute Gasteiger partial charge is 0.331 e. The maximum atomic E-state index is 11.2. The van der Waals surface area contributed by atoms with Gasteiger partial charge in [-0.25, -0.2) is 9.59 Å². The quantitative estimate of drug-likeness (QED) is 0.442. The molecule has 18 heavy (non-hydrogen) atoms. The summed E-state index contributed by atoms with van der Waals surface area (Å²) < 4.78 is 9.73. The molecule has 0 aromatic rings. The van der Waals surface area contributed by atoms with Crippen LogP contribution in [0.3, 0.4) is 0 Å². The Bertz CT molecular complexity index is 260. The van der Waals surface area contributed by atoms with E-state index in [4.69, 9.17) is 9.47 Å². The molecule has 0 radical (unpaired) electrons. The van der Waals surface area contributed by atoms with Gasteiger partial charge < -0.3 is 19.3 Å². The van der Waals surface area contributed by atoms with Crippen LogP contribution in [0.1, 0.15) is 0 Å². The van der Waals surface area contributed by atoms with Crippen LogP contribution in [0, 0.1) is 0 Å². The molecule has 0 spiro atoms. The van der Waals surface area contributed by atoms with Gasteiger partial charge in [0.1, 0.15) is 13.2 Å². The van der Waals surface area contributed by atoms with Gasteiger partial charge >= 0.3 is 11.9 Å². The minimum atomic E-state index is -0.540. The Hall–Kier alpha value is -1.40. The molecule has 0 aromatic heterocycles. The van der Waals surface area contributed by atoms with Gasteiger partial charge in [-0.1, -0.05) is 0 Å². The standard InChI is InChI=1S/C12H22N2O4/c1-13(2)7-9-17-11(15)5-6-12(16)18-10-8-14(3)4/h5-6H,7-10H2,1-4H3. The highest BCUT2D eigenvalue weighted by atomic mass is 16.5. The highest BCUT2D eigenvalue weighted by molar-refractivity contribution is 5.91. The Balaban J connectivity index is 3.71. The summed E-state index contributed by atoms with van der Waals surface area (Å²) in [5.41, 5.74) is 0. The molecule has 0 saturated heterocycles. The number of hydrogen-bond acceptors (Lipinski definition) is 6. The fraction of sp³-hybridized carbons (Fsp3) is 0.667. The highest BCUT2D eigenvalue weighted by Crippen LogP contribution is 1.87. The van der Waals surface area contributed by atoms with Crippen LogP contribution >= 0.6 is 0 Å². The number of carbonyl (C=O) groups is 2.